The van der Waals surface area contributed by atoms with Crippen LogP contribution >= 0.6 is 0 Å². The number of hydrogen-bond acceptors (Lipinski definition) is 6. The number of carbonyl (C=O) groups excluding carboxylic acids is 1. The molecule has 0 bridgehead atoms. The molecule has 0 unspecified atom stereocenters. The highest BCUT2D eigenvalue weighted by molar-refractivity contribution is 7.89. The second kappa shape index (κ2) is 8.26. The van der Waals surface area contributed by atoms with E-state index in [0.717, 1.165) is 13.1 Å². The number of alkyl carbamates (subject to hydrolysis) is 1. The highest BCUT2D eigenvalue weighted by Crippen LogP contribution is 2.24. The first-order valence-corrected chi connectivity index (χ1v) is 11.0. The fraction of sp³-hybridized carbons (Fsp3) is 0.632. The summed E-state index contributed by atoms with van der Waals surface area (Å²) < 4.78 is 38.2. The zero-order valence-electron chi connectivity index (χ0n) is 16.6. The molecule has 1 aromatic carbocycles. The minimum absolute atomic E-state index is 0.0897. The number of ether oxygens (including phenoxy) is 2. The van der Waals surface area contributed by atoms with Gasteiger partial charge in [0.25, 0.3) is 0 Å². The average molecular weight is 412 g/mol. The molecule has 0 aromatic heterocycles. The molecule has 2 aliphatic rings. The highest BCUT2D eigenvalue weighted by atomic mass is 32.2. The number of carbonyl (C=O) groups is 1. The van der Waals surface area contributed by atoms with Crippen LogP contribution in [-0.4, -0.2) is 62.7 Å². The first-order chi connectivity index (χ1) is 13.1. The zero-order valence-corrected chi connectivity index (χ0v) is 17.4. The second-order valence-corrected chi connectivity index (χ2v) is 10.1. The van der Waals surface area contributed by atoms with Gasteiger partial charge >= 0.3 is 6.09 Å². The van der Waals surface area contributed by atoms with E-state index in [1.807, 2.05) is 0 Å². The third-order valence-corrected chi connectivity index (χ3v) is 6.60. The van der Waals surface area contributed by atoms with Crippen molar-refractivity contribution in [1.82, 2.24) is 14.9 Å². The van der Waals surface area contributed by atoms with Crippen LogP contribution in [-0.2, 0) is 14.8 Å². The maximum atomic E-state index is 12.9. The van der Waals surface area contributed by atoms with Crippen LogP contribution in [0.4, 0.5) is 4.79 Å². The van der Waals surface area contributed by atoms with Crippen molar-refractivity contribution in [3.63, 3.8) is 0 Å². The average Bonchev–Trinajstić information content (AvgIpc) is 2.57. The Kier molecular flexibility index (Phi) is 6.16. The Morgan fingerprint density at radius 1 is 1.14 bits per heavy atom. The van der Waals surface area contributed by atoms with E-state index in [9.17, 15) is 13.2 Å². The lowest BCUT2D eigenvalue weighted by molar-refractivity contribution is 0.0489. The largest absolute Gasteiger partial charge is 0.488 e. The standard InChI is InChI=1S/C19H29N3O5S/c1-19(2,3)27-18(23)21-14-8-10-22(11-9-14)28(24,25)17-6-4-15(5-7-17)26-16-12-20-13-16/h4-7,14,16,20H,8-13H2,1-3H3,(H,21,23). The maximum absolute atomic E-state index is 12.9. The van der Waals surface area contributed by atoms with E-state index in [4.69, 9.17) is 9.47 Å². The molecule has 0 radical (unpaired) electrons. The molecule has 0 spiro atoms. The van der Waals surface area contributed by atoms with Crippen molar-refractivity contribution in [3.05, 3.63) is 24.3 Å². The molecule has 0 atom stereocenters. The van der Waals surface area contributed by atoms with Crippen molar-refractivity contribution in [1.29, 1.82) is 0 Å². The lowest BCUT2D eigenvalue weighted by atomic mass is 10.1. The first-order valence-electron chi connectivity index (χ1n) is 9.60. The molecule has 1 aromatic rings. The quantitative estimate of drug-likeness (QED) is 0.766. The van der Waals surface area contributed by atoms with Gasteiger partial charge in [0.05, 0.1) is 4.90 Å². The maximum Gasteiger partial charge on any atom is 0.407 e. The molecule has 2 N–H and O–H groups in total. The van der Waals surface area contributed by atoms with Crippen molar-refractivity contribution in [2.45, 2.75) is 56.3 Å². The summed E-state index contributed by atoms with van der Waals surface area (Å²) in [6.07, 6.45) is 0.785. The second-order valence-electron chi connectivity index (χ2n) is 8.19. The smallest absolute Gasteiger partial charge is 0.407 e. The molecule has 0 aliphatic carbocycles. The van der Waals surface area contributed by atoms with Crippen LogP contribution in [0.3, 0.4) is 0 Å². The zero-order chi connectivity index (χ0) is 20.4. The Labute approximate surface area is 166 Å². The fourth-order valence-electron chi connectivity index (χ4n) is 3.09. The van der Waals surface area contributed by atoms with Gasteiger partial charge in [-0.2, -0.15) is 4.31 Å². The van der Waals surface area contributed by atoms with Gasteiger partial charge in [0.1, 0.15) is 17.5 Å². The molecule has 9 heteroatoms. The molecule has 2 saturated heterocycles. The van der Waals surface area contributed by atoms with Gasteiger partial charge in [0.2, 0.25) is 10.0 Å². The summed E-state index contributed by atoms with van der Waals surface area (Å²) in [7, 11) is -3.56. The predicted molar refractivity (Wildman–Crippen MR) is 105 cm³/mol. The van der Waals surface area contributed by atoms with E-state index in [-0.39, 0.29) is 17.0 Å². The Bertz CT molecular complexity index is 777. The third kappa shape index (κ3) is 5.36. The molecular formula is C19H29N3O5S. The van der Waals surface area contributed by atoms with Crippen LogP contribution in [0, 0.1) is 0 Å². The third-order valence-electron chi connectivity index (χ3n) is 4.68. The summed E-state index contributed by atoms with van der Waals surface area (Å²) in [5, 5.41) is 5.94. The summed E-state index contributed by atoms with van der Waals surface area (Å²) in [5.74, 6) is 0.672. The van der Waals surface area contributed by atoms with Crippen molar-refractivity contribution < 1.29 is 22.7 Å². The fourth-order valence-corrected chi connectivity index (χ4v) is 4.56. The van der Waals surface area contributed by atoms with Gasteiger partial charge in [0.15, 0.2) is 0 Å². The lowest BCUT2D eigenvalue weighted by Crippen LogP contribution is -2.50. The molecular weight excluding hydrogens is 382 g/mol. The minimum Gasteiger partial charge on any atom is -0.488 e. The van der Waals surface area contributed by atoms with E-state index >= 15 is 0 Å². The van der Waals surface area contributed by atoms with Crippen molar-refractivity contribution in [2.24, 2.45) is 0 Å². The van der Waals surface area contributed by atoms with Crippen molar-refractivity contribution in [2.75, 3.05) is 26.2 Å². The van der Waals surface area contributed by atoms with Gasteiger partial charge in [0, 0.05) is 32.2 Å². The summed E-state index contributed by atoms with van der Waals surface area (Å²) in [4.78, 5) is 12.1. The molecule has 1 amide bonds. The van der Waals surface area contributed by atoms with Gasteiger partial charge in [-0.15, -0.1) is 0 Å². The Morgan fingerprint density at radius 3 is 2.25 bits per heavy atom. The van der Waals surface area contributed by atoms with Gasteiger partial charge in [-0.1, -0.05) is 0 Å². The molecule has 2 heterocycles. The normalized spacial score (nSPS) is 19.7. The van der Waals surface area contributed by atoms with Crippen LogP contribution in [0.25, 0.3) is 0 Å². The number of nitrogens with zero attached hydrogens (tertiary/aromatic N) is 1. The molecule has 8 nitrogen and oxygen atoms in total. The number of piperidine rings is 1. The SMILES string of the molecule is CC(C)(C)OC(=O)NC1CCN(S(=O)(=O)c2ccc(OC3CNC3)cc2)CC1. The number of rotatable bonds is 5. The molecule has 2 aliphatic heterocycles. The summed E-state index contributed by atoms with van der Waals surface area (Å²) in [6.45, 7) is 7.76. The summed E-state index contributed by atoms with van der Waals surface area (Å²) >= 11 is 0. The summed E-state index contributed by atoms with van der Waals surface area (Å²) in [5.41, 5.74) is -0.556. The van der Waals surface area contributed by atoms with Gasteiger partial charge in [-0.25, -0.2) is 13.2 Å². The van der Waals surface area contributed by atoms with Crippen LogP contribution in [0.5, 0.6) is 5.75 Å². The van der Waals surface area contributed by atoms with Crippen LogP contribution in [0.1, 0.15) is 33.6 Å². The van der Waals surface area contributed by atoms with Crippen LogP contribution in [0.15, 0.2) is 29.2 Å². The molecule has 2 fully saturated rings. The van der Waals surface area contributed by atoms with E-state index in [2.05, 4.69) is 10.6 Å². The van der Waals surface area contributed by atoms with Crippen LogP contribution < -0.4 is 15.4 Å². The van der Waals surface area contributed by atoms with Gasteiger partial charge in [-0.05, 0) is 57.9 Å². The number of sulfonamides is 1. The van der Waals surface area contributed by atoms with E-state index in [1.54, 1.807) is 45.0 Å². The van der Waals surface area contributed by atoms with Gasteiger partial charge in [-0.3, -0.25) is 0 Å². The van der Waals surface area contributed by atoms with E-state index in [0.29, 0.717) is 31.7 Å². The lowest BCUT2D eigenvalue weighted by Gasteiger charge is -2.32. The van der Waals surface area contributed by atoms with Crippen molar-refractivity contribution in [3.8, 4) is 5.75 Å². The van der Waals surface area contributed by atoms with Gasteiger partial charge < -0.3 is 20.1 Å². The van der Waals surface area contributed by atoms with E-state index in [1.165, 1.54) is 4.31 Å². The predicted octanol–water partition coefficient (Wildman–Crippen LogP) is 1.72. The van der Waals surface area contributed by atoms with E-state index < -0.39 is 21.7 Å². The number of nitrogens with one attached hydrogen (secondary N) is 2. The molecule has 156 valence electrons. The molecule has 28 heavy (non-hydrogen) atoms. The topological polar surface area (TPSA) is 97.0 Å². The number of benzene rings is 1. The number of amides is 1. The van der Waals surface area contributed by atoms with Crippen LogP contribution in [0.2, 0.25) is 0 Å². The van der Waals surface area contributed by atoms with Crippen molar-refractivity contribution >= 4 is 16.1 Å². The molecule has 3 rings (SSSR count). The Hall–Kier alpha value is -1.84. The first kappa shape index (κ1) is 20.9. The number of hydrogen-bond donors (Lipinski definition) is 2. The molecule has 0 saturated carbocycles. The Morgan fingerprint density at radius 2 is 1.75 bits per heavy atom. The Balaban J connectivity index is 1.53. The monoisotopic (exact) mass is 411 g/mol. The highest BCUT2D eigenvalue weighted by Gasteiger charge is 2.31. The summed E-state index contributed by atoms with van der Waals surface area (Å²) in [6, 6.07) is 6.47. The minimum atomic E-state index is -3.56.